The summed E-state index contributed by atoms with van der Waals surface area (Å²) in [6.07, 6.45) is 5.89. The van der Waals surface area contributed by atoms with Crippen LogP contribution in [0.25, 0.3) is 0 Å². The second-order valence-electron chi connectivity index (χ2n) is 7.58. The molecule has 0 aromatic rings. The van der Waals surface area contributed by atoms with Crippen LogP contribution in [0.1, 0.15) is 52.9 Å². The Balaban J connectivity index is 1.73. The number of rotatable bonds is 3. The van der Waals surface area contributed by atoms with Gasteiger partial charge >= 0.3 is 6.09 Å². The highest BCUT2D eigenvalue weighted by molar-refractivity contribution is 5.68. The van der Waals surface area contributed by atoms with Gasteiger partial charge in [-0.3, -0.25) is 0 Å². The maximum absolute atomic E-state index is 12.1. The van der Waals surface area contributed by atoms with Gasteiger partial charge < -0.3 is 19.3 Å². The molecule has 0 N–H and O–H groups in total. The lowest BCUT2D eigenvalue weighted by molar-refractivity contribution is -0.109. The molecule has 5 nitrogen and oxygen atoms in total. The van der Waals surface area contributed by atoms with Crippen LogP contribution in [-0.2, 0) is 9.53 Å². The number of hydrogen-bond acceptors (Lipinski definition) is 4. The highest BCUT2D eigenvalue weighted by atomic mass is 16.6. The van der Waals surface area contributed by atoms with Gasteiger partial charge in [-0.05, 0) is 65.5 Å². The van der Waals surface area contributed by atoms with Crippen molar-refractivity contribution < 1.29 is 14.3 Å². The monoisotopic (exact) mass is 310 g/mol. The third-order valence-corrected chi connectivity index (χ3v) is 4.71. The zero-order chi connectivity index (χ0) is 16.2. The molecule has 1 amide bonds. The SMILES string of the molecule is CC(C)(C)OC(=O)N1CCC(N2CCC(CC=O)CC2)CC1. The van der Waals surface area contributed by atoms with Gasteiger partial charge in [0.1, 0.15) is 11.9 Å². The molecule has 5 heteroatoms. The number of carbonyl (C=O) groups excluding carboxylic acids is 2. The van der Waals surface area contributed by atoms with Crippen LogP contribution >= 0.6 is 0 Å². The topological polar surface area (TPSA) is 49.9 Å². The Morgan fingerprint density at radius 1 is 1.09 bits per heavy atom. The molecule has 2 heterocycles. The minimum Gasteiger partial charge on any atom is -0.444 e. The van der Waals surface area contributed by atoms with Gasteiger partial charge in [0, 0.05) is 25.6 Å². The normalized spacial score (nSPS) is 22.6. The Hall–Kier alpha value is -1.10. The Morgan fingerprint density at radius 3 is 2.18 bits per heavy atom. The van der Waals surface area contributed by atoms with Gasteiger partial charge in [0.15, 0.2) is 0 Å². The Bertz CT molecular complexity index is 376. The van der Waals surface area contributed by atoms with Crippen molar-refractivity contribution in [2.45, 2.75) is 64.5 Å². The van der Waals surface area contributed by atoms with E-state index in [0.717, 1.165) is 58.1 Å². The fourth-order valence-electron chi connectivity index (χ4n) is 3.43. The van der Waals surface area contributed by atoms with E-state index in [1.54, 1.807) is 0 Å². The lowest BCUT2D eigenvalue weighted by atomic mass is 9.92. The summed E-state index contributed by atoms with van der Waals surface area (Å²) in [5.41, 5.74) is -0.422. The first-order chi connectivity index (χ1) is 10.4. The number of aldehydes is 1. The molecule has 0 aliphatic carbocycles. The van der Waals surface area contributed by atoms with E-state index in [2.05, 4.69) is 4.90 Å². The number of hydrogen-bond donors (Lipinski definition) is 0. The molecule has 22 heavy (non-hydrogen) atoms. The lowest BCUT2D eigenvalue weighted by Gasteiger charge is -2.41. The van der Waals surface area contributed by atoms with Crippen molar-refractivity contribution in [2.24, 2.45) is 5.92 Å². The van der Waals surface area contributed by atoms with E-state index in [0.29, 0.717) is 18.4 Å². The largest absolute Gasteiger partial charge is 0.444 e. The predicted molar refractivity (Wildman–Crippen MR) is 85.8 cm³/mol. The first-order valence-electron chi connectivity index (χ1n) is 8.54. The molecule has 0 spiro atoms. The Morgan fingerprint density at radius 2 is 1.68 bits per heavy atom. The van der Waals surface area contributed by atoms with Gasteiger partial charge in [-0.1, -0.05) is 0 Å². The summed E-state index contributed by atoms with van der Waals surface area (Å²) in [4.78, 5) is 27.0. The van der Waals surface area contributed by atoms with Gasteiger partial charge in [-0.2, -0.15) is 0 Å². The zero-order valence-electron chi connectivity index (χ0n) is 14.2. The number of amides is 1. The summed E-state index contributed by atoms with van der Waals surface area (Å²) >= 11 is 0. The summed E-state index contributed by atoms with van der Waals surface area (Å²) in [6.45, 7) is 9.47. The van der Waals surface area contributed by atoms with Crippen LogP contribution < -0.4 is 0 Å². The van der Waals surface area contributed by atoms with Gasteiger partial charge in [0.05, 0.1) is 0 Å². The van der Waals surface area contributed by atoms with E-state index < -0.39 is 5.60 Å². The van der Waals surface area contributed by atoms with Crippen molar-refractivity contribution in [1.82, 2.24) is 9.80 Å². The van der Waals surface area contributed by atoms with Gasteiger partial charge in [-0.15, -0.1) is 0 Å². The van der Waals surface area contributed by atoms with Crippen molar-refractivity contribution in [3.05, 3.63) is 0 Å². The van der Waals surface area contributed by atoms with Crippen molar-refractivity contribution in [1.29, 1.82) is 0 Å². The highest BCUT2D eigenvalue weighted by Gasteiger charge is 2.31. The molecule has 0 radical (unpaired) electrons. The molecule has 0 saturated carbocycles. The quantitative estimate of drug-likeness (QED) is 0.752. The van der Waals surface area contributed by atoms with E-state index in [1.807, 2.05) is 25.7 Å². The first-order valence-corrected chi connectivity index (χ1v) is 8.54. The van der Waals surface area contributed by atoms with Crippen LogP contribution in [0.5, 0.6) is 0 Å². The lowest BCUT2D eigenvalue weighted by Crippen LogP contribution is -2.49. The summed E-state index contributed by atoms with van der Waals surface area (Å²) in [6, 6.07) is 0.580. The summed E-state index contributed by atoms with van der Waals surface area (Å²) in [7, 11) is 0. The minimum atomic E-state index is -0.422. The number of carbonyl (C=O) groups is 2. The molecule has 2 rings (SSSR count). The highest BCUT2D eigenvalue weighted by Crippen LogP contribution is 2.25. The summed E-state index contributed by atoms with van der Waals surface area (Å²) in [5.74, 6) is 0.579. The van der Waals surface area contributed by atoms with Crippen LogP contribution in [-0.4, -0.2) is 60.0 Å². The predicted octanol–water partition coefficient (Wildman–Crippen LogP) is 2.69. The molecule has 0 aromatic carbocycles. The first kappa shape index (κ1) is 17.3. The molecule has 0 bridgehead atoms. The van der Waals surface area contributed by atoms with Crippen molar-refractivity contribution >= 4 is 12.4 Å². The molecule has 2 fully saturated rings. The van der Waals surface area contributed by atoms with Gasteiger partial charge in [-0.25, -0.2) is 4.79 Å². The van der Waals surface area contributed by atoms with Crippen LogP contribution in [0.2, 0.25) is 0 Å². The van der Waals surface area contributed by atoms with Gasteiger partial charge in [0.2, 0.25) is 0 Å². The minimum absolute atomic E-state index is 0.185. The number of ether oxygens (including phenoxy) is 1. The van der Waals surface area contributed by atoms with E-state index in [-0.39, 0.29) is 6.09 Å². The van der Waals surface area contributed by atoms with Crippen LogP contribution in [0.4, 0.5) is 4.79 Å². The Kier molecular flexibility index (Phi) is 5.84. The molecular formula is C17H30N2O3. The molecule has 2 aliphatic heterocycles. The maximum atomic E-state index is 12.1. The van der Waals surface area contributed by atoms with Crippen LogP contribution in [0.15, 0.2) is 0 Å². The molecule has 126 valence electrons. The summed E-state index contributed by atoms with van der Waals surface area (Å²) < 4.78 is 5.44. The van der Waals surface area contributed by atoms with E-state index in [9.17, 15) is 9.59 Å². The van der Waals surface area contributed by atoms with Crippen molar-refractivity contribution in [3.8, 4) is 0 Å². The second kappa shape index (κ2) is 7.44. The van der Waals surface area contributed by atoms with E-state index in [4.69, 9.17) is 4.74 Å². The smallest absolute Gasteiger partial charge is 0.410 e. The molecule has 0 aromatic heterocycles. The molecular weight excluding hydrogens is 280 g/mol. The zero-order valence-corrected chi connectivity index (χ0v) is 14.2. The van der Waals surface area contributed by atoms with Crippen LogP contribution in [0.3, 0.4) is 0 Å². The fourth-order valence-corrected chi connectivity index (χ4v) is 3.43. The second-order valence-corrected chi connectivity index (χ2v) is 7.58. The molecule has 0 unspecified atom stereocenters. The fraction of sp³-hybridized carbons (Fsp3) is 0.882. The molecule has 2 aliphatic rings. The third-order valence-electron chi connectivity index (χ3n) is 4.71. The number of likely N-dealkylation sites (tertiary alicyclic amines) is 2. The molecule has 2 saturated heterocycles. The Labute approximate surface area is 134 Å². The average molecular weight is 310 g/mol. The molecule has 0 atom stereocenters. The maximum Gasteiger partial charge on any atom is 0.410 e. The van der Waals surface area contributed by atoms with Crippen molar-refractivity contribution in [3.63, 3.8) is 0 Å². The average Bonchev–Trinajstić information content (AvgIpc) is 2.47. The van der Waals surface area contributed by atoms with Crippen molar-refractivity contribution in [2.75, 3.05) is 26.2 Å². The number of piperidine rings is 2. The number of nitrogens with zero attached hydrogens (tertiary/aromatic N) is 2. The third kappa shape index (κ3) is 4.97. The van der Waals surface area contributed by atoms with Crippen LogP contribution in [0, 0.1) is 5.92 Å². The van der Waals surface area contributed by atoms with Gasteiger partial charge in [0.25, 0.3) is 0 Å². The summed E-state index contributed by atoms with van der Waals surface area (Å²) in [5, 5.41) is 0. The van der Waals surface area contributed by atoms with E-state index in [1.165, 1.54) is 0 Å². The standard InChI is InChI=1S/C17H30N2O3/c1-17(2,3)22-16(21)19-11-6-15(7-12-19)18-9-4-14(5-10-18)8-13-20/h13-15H,4-12H2,1-3H3. The van der Waals surface area contributed by atoms with E-state index >= 15 is 0 Å².